The average Bonchev–Trinajstić information content (AvgIpc) is 2.74. The van der Waals surface area contributed by atoms with Crippen LogP contribution in [0, 0.1) is 0 Å². The molecular weight excluding hydrogens is 268 g/mol. The summed E-state index contributed by atoms with van der Waals surface area (Å²) in [5.41, 5.74) is 1.14. The number of fused-ring (bicyclic) bond motifs is 3. The number of nitrogens with zero attached hydrogens (tertiary/aromatic N) is 3. The number of nitrogens with one attached hydrogen (secondary N) is 1. The summed E-state index contributed by atoms with van der Waals surface area (Å²) in [6.07, 6.45) is 3.04. The number of piperazine rings is 1. The minimum atomic E-state index is 0.502. The molecule has 1 aromatic rings. The summed E-state index contributed by atoms with van der Waals surface area (Å²) in [5.74, 6) is 1.94. The highest BCUT2D eigenvalue weighted by molar-refractivity contribution is 5.61. The number of pyridine rings is 1. The fourth-order valence-corrected chi connectivity index (χ4v) is 3.35. The summed E-state index contributed by atoms with van der Waals surface area (Å²) in [4.78, 5) is 9.45. The lowest BCUT2D eigenvalue weighted by atomic mass is 10.1. The first-order chi connectivity index (χ1) is 10.4. The van der Waals surface area contributed by atoms with Crippen molar-refractivity contribution in [3.8, 4) is 5.75 Å². The van der Waals surface area contributed by atoms with Gasteiger partial charge in [-0.2, -0.15) is 0 Å². The third-order valence-electron chi connectivity index (χ3n) is 4.53. The third-order valence-corrected chi connectivity index (χ3v) is 4.53. The Kier molecular flexibility index (Phi) is 3.57. The molecule has 1 atom stereocenters. The molecule has 3 aliphatic rings. The van der Waals surface area contributed by atoms with E-state index in [-0.39, 0.29) is 0 Å². The molecule has 6 heteroatoms. The summed E-state index contributed by atoms with van der Waals surface area (Å²) >= 11 is 0. The molecule has 2 fully saturated rings. The molecule has 0 bridgehead atoms. The molecule has 1 N–H and O–H groups in total. The quantitative estimate of drug-likeness (QED) is 0.812. The van der Waals surface area contributed by atoms with E-state index in [1.165, 1.54) is 0 Å². The van der Waals surface area contributed by atoms with Gasteiger partial charge >= 0.3 is 0 Å². The summed E-state index contributed by atoms with van der Waals surface area (Å²) in [6, 6.07) is 2.65. The van der Waals surface area contributed by atoms with E-state index in [9.17, 15) is 0 Å². The Balaban J connectivity index is 1.63. The monoisotopic (exact) mass is 290 g/mol. The molecule has 0 spiro atoms. The summed E-state index contributed by atoms with van der Waals surface area (Å²) in [6.45, 7) is 7.25. The summed E-state index contributed by atoms with van der Waals surface area (Å²) in [5, 5.41) is 3.46. The van der Waals surface area contributed by atoms with Gasteiger partial charge in [-0.3, -0.25) is 0 Å². The number of aromatic nitrogens is 1. The first kappa shape index (κ1) is 13.2. The van der Waals surface area contributed by atoms with Gasteiger partial charge in [-0.1, -0.05) is 0 Å². The Morgan fingerprint density at radius 1 is 1.19 bits per heavy atom. The molecule has 3 aliphatic heterocycles. The van der Waals surface area contributed by atoms with Crippen molar-refractivity contribution < 1.29 is 9.47 Å². The van der Waals surface area contributed by atoms with Gasteiger partial charge in [0, 0.05) is 51.3 Å². The van der Waals surface area contributed by atoms with E-state index in [0.717, 1.165) is 76.2 Å². The average molecular weight is 290 g/mol. The molecular formula is C15H22N4O2. The molecule has 6 nitrogen and oxygen atoms in total. The maximum atomic E-state index is 5.98. The molecule has 21 heavy (non-hydrogen) atoms. The van der Waals surface area contributed by atoms with Crippen molar-refractivity contribution in [1.82, 2.24) is 10.3 Å². The van der Waals surface area contributed by atoms with Crippen molar-refractivity contribution in [2.24, 2.45) is 0 Å². The second kappa shape index (κ2) is 5.69. The van der Waals surface area contributed by atoms with Gasteiger partial charge in [-0.05, 0) is 0 Å². The molecule has 4 rings (SSSR count). The zero-order valence-electron chi connectivity index (χ0n) is 12.3. The van der Waals surface area contributed by atoms with E-state index < -0.39 is 0 Å². The molecule has 0 radical (unpaired) electrons. The Morgan fingerprint density at radius 3 is 3.00 bits per heavy atom. The van der Waals surface area contributed by atoms with Crippen LogP contribution in [-0.2, 0) is 4.74 Å². The topological polar surface area (TPSA) is 49.9 Å². The predicted molar refractivity (Wildman–Crippen MR) is 81.4 cm³/mol. The smallest absolute Gasteiger partial charge is 0.171 e. The Morgan fingerprint density at radius 2 is 2.10 bits per heavy atom. The number of anilines is 2. The zero-order valence-corrected chi connectivity index (χ0v) is 12.3. The molecule has 114 valence electrons. The maximum Gasteiger partial charge on any atom is 0.171 e. The molecule has 0 saturated carbocycles. The molecule has 0 aliphatic carbocycles. The summed E-state index contributed by atoms with van der Waals surface area (Å²) in [7, 11) is 0. The number of morpholine rings is 1. The lowest BCUT2D eigenvalue weighted by Gasteiger charge is -2.36. The van der Waals surface area contributed by atoms with Gasteiger partial charge in [-0.25, -0.2) is 4.98 Å². The number of rotatable bonds is 1. The van der Waals surface area contributed by atoms with Crippen LogP contribution in [0.2, 0.25) is 0 Å². The van der Waals surface area contributed by atoms with Gasteiger partial charge in [0.25, 0.3) is 0 Å². The van der Waals surface area contributed by atoms with Crippen LogP contribution in [0.4, 0.5) is 11.5 Å². The minimum Gasteiger partial charge on any atom is -0.490 e. The highest BCUT2D eigenvalue weighted by Gasteiger charge is 2.29. The highest BCUT2D eigenvalue weighted by Crippen LogP contribution is 2.34. The van der Waals surface area contributed by atoms with Crippen molar-refractivity contribution in [3.05, 3.63) is 12.3 Å². The van der Waals surface area contributed by atoms with Crippen molar-refractivity contribution >= 4 is 11.5 Å². The first-order valence-corrected chi connectivity index (χ1v) is 7.85. The SMILES string of the molecule is c1nc2c(cc1N1CCOCC1)OCCC1CNCCN21. The van der Waals surface area contributed by atoms with Gasteiger partial charge in [-0.15, -0.1) is 0 Å². The van der Waals surface area contributed by atoms with E-state index in [4.69, 9.17) is 14.5 Å². The Hall–Kier alpha value is -1.53. The Bertz CT molecular complexity index is 504. The van der Waals surface area contributed by atoms with Gasteiger partial charge in [0.05, 0.1) is 31.7 Å². The second-order valence-electron chi connectivity index (χ2n) is 5.80. The number of hydrogen-bond donors (Lipinski definition) is 1. The first-order valence-electron chi connectivity index (χ1n) is 7.85. The molecule has 2 saturated heterocycles. The number of hydrogen-bond acceptors (Lipinski definition) is 6. The van der Waals surface area contributed by atoms with E-state index in [0.29, 0.717) is 6.04 Å². The van der Waals surface area contributed by atoms with Crippen LogP contribution in [-0.4, -0.2) is 63.6 Å². The Labute approximate surface area is 125 Å². The van der Waals surface area contributed by atoms with E-state index >= 15 is 0 Å². The summed E-state index contributed by atoms with van der Waals surface area (Å²) < 4.78 is 11.4. The molecule has 0 amide bonds. The molecule has 1 unspecified atom stereocenters. The maximum absolute atomic E-state index is 5.98. The van der Waals surface area contributed by atoms with Crippen LogP contribution >= 0.6 is 0 Å². The zero-order chi connectivity index (χ0) is 14.1. The van der Waals surface area contributed by atoms with Gasteiger partial charge < -0.3 is 24.6 Å². The fraction of sp³-hybridized carbons (Fsp3) is 0.667. The third kappa shape index (κ3) is 2.53. The van der Waals surface area contributed by atoms with Crippen LogP contribution in [0.3, 0.4) is 0 Å². The van der Waals surface area contributed by atoms with Gasteiger partial charge in [0.15, 0.2) is 11.6 Å². The molecule has 0 aromatic carbocycles. The van der Waals surface area contributed by atoms with Crippen LogP contribution in [0.15, 0.2) is 12.3 Å². The molecule has 4 heterocycles. The second-order valence-corrected chi connectivity index (χ2v) is 5.80. The fourth-order valence-electron chi connectivity index (χ4n) is 3.35. The van der Waals surface area contributed by atoms with Crippen LogP contribution in [0.1, 0.15) is 6.42 Å². The number of ether oxygens (including phenoxy) is 2. The van der Waals surface area contributed by atoms with E-state index in [1.807, 2.05) is 6.20 Å². The van der Waals surface area contributed by atoms with Crippen molar-refractivity contribution in [3.63, 3.8) is 0 Å². The predicted octanol–water partition coefficient (Wildman–Crippen LogP) is 0.479. The highest BCUT2D eigenvalue weighted by atomic mass is 16.5. The van der Waals surface area contributed by atoms with Gasteiger partial charge in [0.2, 0.25) is 0 Å². The van der Waals surface area contributed by atoms with Gasteiger partial charge in [0.1, 0.15) is 0 Å². The standard InChI is InChI=1S/C15H22N4O2/c1-6-21-14-9-13(18-4-7-20-8-5-18)11-17-15(14)19-3-2-16-10-12(1)19/h9,11-12,16H,1-8,10H2. The molecule has 1 aromatic heterocycles. The minimum absolute atomic E-state index is 0.502. The van der Waals surface area contributed by atoms with Crippen LogP contribution in [0.25, 0.3) is 0 Å². The largest absolute Gasteiger partial charge is 0.490 e. The normalized spacial score (nSPS) is 25.6. The van der Waals surface area contributed by atoms with Crippen LogP contribution < -0.4 is 19.9 Å². The van der Waals surface area contributed by atoms with Crippen LogP contribution in [0.5, 0.6) is 5.75 Å². The lowest BCUT2D eigenvalue weighted by Crippen LogP contribution is -2.51. The van der Waals surface area contributed by atoms with E-state index in [2.05, 4.69) is 21.2 Å². The van der Waals surface area contributed by atoms with Crippen molar-refractivity contribution in [2.75, 3.05) is 62.3 Å². The van der Waals surface area contributed by atoms with Crippen molar-refractivity contribution in [2.45, 2.75) is 12.5 Å². The lowest BCUT2D eigenvalue weighted by molar-refractivity contribution is 0.122. The van der Waals surface area contributed by atoms with Crippen molar-refractivity contribution in [1.29, 1.82) is 0 Å². The van der Waals surface area contributed by atoms with E-state index in [1.54, 1.807) is 0 Å².